The number of nitrogens with zero attached hydrogens (tertiary/aromatic N) is 6. The number of carbonyl (C=O) groups excluding carboxylic acids is 1. The van der Waals surface area contributed by atoms with Gasteiger partial charge in [0.05, 0.1) is 40.1 Å². The zero-order chi connectivity index (χ0) is 29.1. The molecular weight excluding hydrogens is 574 g/mol. The van der Waals surface area contributed by atoms with Crippen molar-refractivity contribution in [3.63, 3.8) is 0 Å². The highest BCUT2D eigenvalue weighted by atomic mass is 32.2. The first kappa shape index (κ1) is 27.8. The molecule has 1 aliphatic heterocycles. The summed E-state index contributed by atoms with van der Waals surface area (Å²) in [7, 11) is -4.76. The first-order chi connectivity index (χ1) is 19.7. The topological polar surface area (TPSA) is 201 Å². The third-order valence-corrected chi connectivity index (χ3v) is 7.33. The monoisotopic (exact) mass is 591 g/mol. The molecule has 1 aromatic heterocycles. The molecule has 4 aromatic rings. The van der Waals surface area contributed by atoms with Crippen molar-refractivity contribution in [2.24, 2.45) is 15.3 Å². The van der Waals surface area contributed by atoms with Crippen LogP contribution in [-0.4, -0.2) is 39.4 Å². The molecule has 2 heterocycles. The first-order valence-corrected chi connectivity index (χ1v) is 13.6. The van der Waals surface area contributed by atoms with Crippen LogP contribution >= 0.6 is 12.0 Å². The van der Waals surface area contributed by atoms with Gasteiger partial charge in [0.15, 0.2) is 11.5 Å². The highest BCUT2D eigenvalue weighted by Gasteiger charge is 2.32. The molecule has 0 aliphatic carbocycles. The average molecular weight is 592 g/mol. The third-order valence-electron chi connectivity index (χ3n) is 5.84. The van der Waals surface area contributed by atoms with E-state index in [0.717, 1.165) is 18.1 Å². The summed E-state index contributed by atoms with van der Waals surface area (Å²) >= 11 is 0.763. The molecule has 0 amide bonds. The number of anilines is 1. The predicted octanol–water partition coefficient (Wildman–Crippen LogP) is 5.55. The quantitative estimate of drug-likeness (QED) is 0.0763. The Morgan fingerprint density at radius 3 is 2.49 bits per heavy atom. The lowest BCUT2D eigenvalue weighted by molar-refractivity contribution is -0.432. The average Bonchev–Trinajstić information content (AvgIpc) is 3.35. The van der Waals surface area contributed by atoms with Crippen molar-refractivity contribution < 1.29 is 32.4 Å². The van der Waals surface area contributed by atoms with E-state index in [4.69, 9.17) is 5.26 Å². The van der Waals surface area contributed by atoms with E-state index < -0.39 is 20.9 Å². The number of benzene rings is 3. The van der Waals surface area contributed by atoms with Gasteiger partial charge in [0, 0.05) is 10.5 Å². The molecule has 0 spiro atoms. The first-order valence-electron chi connectivity index (χ1n) is 11.5. The third kappa shape index (κ3) is 5.62. The minimum Gasteiger partial charge on any atom is -0.282 e. The van der Waals surface area contributed by atoms with E-state index in [-0.39, 0.29) is 34.1 Å². The maximum Gasteiger partial charge on any atom is 0.296 e. The van der Waals surface area contributed by atoms with E-state index in [1.165, 1.54) is 23.6 Å². The Morgan fingerprint density at radius 1 is 1.07 bits per heavy atom. The van der Waals surface area contributed by atoms with Crippen molar-refractivity contribution in [1.29, 1.82) is 5.26 Å². The lowest BCUT2D eigenvalue weighted by Crippen LogP contribution is -2.30. The van der Waals surface area contributed by atoms with Crippen LogP contribution in [0.25, 0.3) is 16.6 Å². The normalized spacial score (nSPS) is 14.6. The van der Waals surface area contributed by atoms with Gasteiger partial charge in [0.2, 0.25) is 0 Å². The maximum atomic E-state index is 13.4. The number of rotatable bonds is 8. The molecule has 41 heavy (non-hydrogen) atoms. The smallest absolute Gasteiger partial charge is 0.282 e. The molecule has 14 nitrogen and oxygen atoms in total. The molecule has 0 bridgehead atoms. The lowest BCUT2D eigenvalue weighted by Gasteiger charge is -2.17. The molecule has 16 heteroatoms. The second-order valence-electron chi connectivity index (χ2n) is 8.32. The second kappa shape index (κ2) is 11.4. The number of imidazole rings is 1. The van der Waals surface area contributed by atoms with E-state index >= 15 is 0 Å². The van der Waals surface area contributed by atoms with Gasteiger partial charge >= 0.3 is 0 Å². The summed E-state index contributed by atoms with van der Waals surface area (Å²) in [5, 5.41) is 33.7. The van der Waals surface area contributed by atoms with Gasteiger partial charge in [-0.15, -0.1) is 4.33 Å². The van der Waals surface area contributed by atoms with Gasteiger partial charge < -0.3 is 0 Å². The molecule has 206 valence electrons. The number of azo groups is 1. The van der Waals surface area contributed by atoms with Crippen LogP contribution in [0.1, 0.15) is 17.5 Å². The van der Waals surface area contributed by atoms with Crippen LogP contribution in [-0.2, 0) is 19.5 Å². The van der Waals surface area contributed by atoms with Gasteiger partial charge in [0.25, 0.3) is 16.0 Å². The van der Waals surface area contributed by atoms with Crippen LogP contribution < -0.4 is 5.43 Å². The summed E-state index contributed by atoms with van der Waals surface area (Å²) in [5.74, 6) is -0.388. The highest BCUT2D eigenvalue weighted by Crippen LogP contribution is 2.31. The molecule has 0 radical (unpaired) electrons. The standard InChI is InChI=1S/C25H17N7O7S2/c1-14-18(13-26)24-27-19-4-2-3-5-21(19)32(24)25(33)23(14)31-30-20-11-8-16(12-22(20)41(35,36)37)29-28-15-6-9-17(10-7-15)40-39-38-34/h2-12,30,34H,1H3,(H,35,36,37)/b29-28?,31-23+. The number of nitrogens with one attached hydrogen (secondary N) is 1. The Balaban J connectivity index is 1.45. The number of hydrogen-bond donors (Lipinski definition) is 3. The Hall–Kier alpha value is -4.76. The van der Waals surface area contributed by atoms with E-state index in [9.17, 15) is 23.0 Å². The maximum absolute atomic E-state index is 13.4. The minimum absolute atomic E-state index is 0.0948. The van der Waals surface area contributed by atoms with Gasteiger partial charge in [0.1, 0.15) is 16.5 Å². The minimum atomic E-state index is -4.76. The molecule has 3 aromatic carbocycles. The van der Waals surface area contributed by atoms with Crippen molar-refractivity contribution in [2.45, 2.75) is 16.7 Å². The van der Waals surface area contributed by atoms with Crippen LogP contribution in [0.3, 0.4) is 0 Å². The number of para-hydroxylation sites is 2. The molecule has 5 rings (SSSR count). The summed E-state index contributed by atoms with van der Waals surface area (Å²) in [5.41, 5.74) is 4.12. The Bertz CT molecular complexity index is 1930. The summed E-state index contributed by atoms with van der Waals surface area (Å²) in [6.45, 7) is 1.53. The van der Waals surface area contributed by atoms with E-state index in [0.29, 0.717) is 21.6 Å². The predicted molar refractivity (Wildman–Crippen MR) is 147 cm³/mol. The summed E-state index contributed by atoms with van der Waals surface area (Å²) in [6, 6.07) is 19.1. The Morgan fingerprint density at radius 2 is 1.78 bits per heavy atom. The summed E-state index contributed by atoms with van der Waals surface area (Å²) < 4.78 is 39.8. The Kier molecular flexibility index (Phi) is 7.72. The lowest BCUT2D eigenvalue weighted by atomic mass is 10.0. The number of hydrogen-bond acceptors (Lipinski definition) is 13. The van der Waals surface area contributed by atoms with Gasteiger partial charge in [-0.3, -0.25) is 19.3 Å². The number of allylic oxidation sites excluding steroid dienone is 2. The fourth-order valence-electron chi connectivity index (χ4n) is 3.95. The highest BCUT2D eigenvalue weighted by molar-refractivity contribution is 7.94. The largest absolute Gasteiger partial charge is 0.296 e. The van der Waals surface area contributed by atoms with Gasteiger partial charge in [-0.05, 0) is 61.5 Å². The van der Waals surface area contributed by atoms with Gasteiger partial charge in [-0.2, -0.15) is 29.0 Å². The van der Waals surface area contributed by atoms with E-state index in [1.54, 1.807) is 48.5 Å². The summed E-state index contributed by atoms with van der Waals surface area (Å²) in [6.07, 6.45) is 0. The fraction of sp³-hybridized carbons (Fsp3) is 0.0400. The number of fused-ring (bicyclic) bond motifs is 3. The van der Waals surface area contributed by atoms with Crippen molar-refractivity contribution in [2.75, 3.05) is 5.43 Å². The molecule has 0 saturated carbocycles. The number of aromatic nitrogens is 2. The van der Waals surface area contributed by atoms with Crippen LogP contribution in [0.5, 0.6) is 0 Å². The zero-order valence-electron chi connectivity index (χ0n) is 20.8. The van der Waals surface area contributed by atoms with Crippen LogP contribution in [0.15, 0.2) is 97.4 Å². The van der Waals surface area contributed by atoms with E-state index in [1.807, 2.05) is 0 Å². The second-order valence-corrected chi connectivity index (χ2v) is 10.5. The van der Waals surface area contributed by atoms with E-state index in [2.05, 4.69) is 41.2 Å². The number of carbonyl (C=O) groups is 1. The molecule has 0 fully saturated rings. The molecule has 3 N–H and O–H groups in total. The van der Waals surface area contributed by atoms with Gasteiger partial charge in [-0.1, -0.05) is 17.2 Å². The van der Waals surface area contributed by atoms with Crippen molar-refractivity contribution >= 4 is 67.4 Å². The number of hydrazone groups is 1. The Labute approximate surface area is 236 Å². The molecule has 0 atom stereocenters. The van der Waals surface area contributed by atoms with Crippen LogP contribution in [0.2, 0.25) is 0 Å². The van der Waals surface area contributed by atoms with Gasteiger partial charge in [-0.25, -0.2) is 10.2 Å². The summed E-state index contributed by atoms with van der Waals surface area (Å²) in [4.78, 5) is 17.8. The van der Waals surface area contributed by atoms with Crippen molar-refractivity contribution in [3.8, 4) is 6.07 Å². The zero-order valence-corrected chi connectivity index (χ0v) is 22.4. The van der Waals surface area contributed by atoms with Crippen molar-refractivity contribution in [1.82, 2.24) is 9.55 Å². The van der Waals surface area contributed by atoms with Crippen molar-refractivity contribution in [3.05, 3.63) is 78.1 Å². The SMILES string of the molecule is CC1=C(C#N)c2nc3ccccc3n2C(=O)/C1=N/Nc1ccc(N=Nc2ccc(SOOO)cc2)cc1S(=O)(=O)O. The molecule has 1 aliphatic rings. The van der Waals surface area contributed by atoms with Crippen LogP contribution in [0, 0.1) is 11.3 Å². The molecule has 0 unspecified atom stereocenters. The van der Waals surface area contributed by atoms with Crippen LogP contribution in [0.4, 0.5) is 17.1 Å². The fourth-order valence-corrected chi connectivity index (χ4v) is 4.97. The molecule has 0 saturated heterocycles. The number of nitriles is 1. The molecular formula is C25H17N7O7S2.